The second-order valence-corrected chi connectivity index (χ2v) is 12.5. The number of carbonyl (C=O) groups excluding carboxylic acids is 1. The maximum Gasteiger partial charge on any atom is 0.410 e. The van der Waals surface area contributed by atoms with Crippen molar-refractivity contribution in [2.24, 2.45) is 5.92 Å². The van der Waals surface area contributed by atoms with E-state index in [-0.39, 0.29) is 23.5 Å². The Bertz CT molecular complexity index is 1160. The fourth-order valence-corrected chi connectivity index (χ4v) is 7.07. The SMILES string of the molecule is CO[C@@H](C)COCc1cccc(C[C@@H]2CS(=O)(=O)C[C@H]3[C@H]2OC(=O)N3Cc2cccc(C(C)C)c2)c1. The van der Waals surface area contributed by atoms with Crippen LogP contribution in [0.15, 0.2) is 48.5 Å². The monoisotopic (exact) mass is 515 g/mol. The topological polar surface area (TPSA) is 82.1 Å². The molecule has 1 amide bonds. The van der Waals surface area contributed by atoms with Crippen molar-refractivity contribution in [1.29, 1.82) is 0 Å². The van der Waals surface area contributed by atoms with Crippen LogP contribution in [0.3, 0.4) is 0 Å². The van der Waals surface area contributed by atoms with E-state index in [1.807, 2.05) is 43.3 Å². The Balaban J connectivity index is 1.48. The predicted octanol–water partition coefficient (Wildman–Crippen LogP) is 4.34. The van der Waals surface area contributed by atoms with Crippen molar-refractivity contribution in [2.75, 3.05) is 25.2 Å². The fraction of sp³-hybridized carbons (Fsp3) is 0.536. The summed E-state index contributed by atoms with van der Waals surface area (Å²) in [6.07, 6.45) is -0.342. The van der Waals surface area contributed by atoms with E-state index < -0.39 is 28.1 Å². The van der Waals surface area contributed by atoms with Gasteiger partial charge in [-0.05, 0) is 41.5 Å². The van der Waals surface area contributed by atoms with Gasteiger partial charge in [-0.15, -0.1) is 0 Å². The summed E-state index contributed by atoms with van der Waals surface area (Å²) in [4.78, 5) is 14.5. The molecule has 8 heteroatoms. The summed E-state index contributed by atoms with van der Waals surface area (Å²) in [6, 6.07) is 15.6. The van der Waals surface area contributed by atoms with Crippen molar-refractivity contribution in [3.63, 3.8) is 0 Å². The van der Waals surface area contributed by atoms with Gasteiger partial charge in [-0.3, -0.25) is 4.90 Å². The Morgan fingerprint density at radius 3 is 2.50 bits per heavy atom. The normalized spacial score (nSPS) is 24.0. The van der Waals surface area contributed by atoms with E-state index in [0.717, 1.165) is 16.7 Å². The maximum atomic E-state index is 12.9. The molecule has 2 saturated heterocycles. The minimum Gasteiger partial charge on any atom is -0.444 e. The first-order valence-electron chi connectivity index (χ1n) is 12.6. The zero-order valence-corrected chi connectivity index (χ0v) is 22.4. The van der Waals surface area contributed by atoms with Gasteiger partial charge in [-0.2, -0.15) is 0 Å². The highest BCUT2D eigenvalue weighted by atomic mass is 32.2. The number of methoxy groups -OCH3 is 1. The third-order valence-corrected chi connectivity index (χ3v) is 8.88. The lowest BCUT2D eigenvalue weighted by Crippen LogP contribution is -2.51. The highest BCUT2D eigenvalue weighted by Crippen LogP contribution is 2.35. The summed E-state index contributed by atoms with van der Waals surface area (Å²) < 4.78 is 42.6. The van der Waals surface area contributed by atoms with Crippen molar-refractivity contribution in [1.82, 2.24) is 4.90 Å². The number of sulfone groups is 1. The van der Waals surface area contributed by atoms with Crippen molar-refractivity contribution >= 4 is 15.9 Å². The molecule has 196 valence electrons. The quantitative estimate of drug-likeness (QED) is 0.468. The van der Waals surface area contributed by atoms with Crippen LogP contribution < -0.4 is 0 Å². The summed E-state index contributed by atoms with van der Waals surface area (Å²) in [6.45, 7) is 7.49. The number of benzene rings is 2. The van der Waals surface area contributed by atoms with Gasteiger partial charge in [0.15, 0.2) is 9.84 Å². The van der Waals surface area contributed by atoms with E-state index in [1.165, 1.54) is 5.56 Å². The molecule has 0 N–H and O–H groups in total. The number of nitrogens with zero attached hydrogens (tertiary/aromatic N) is 1. The standard InChI is InChI=1S/C28H37NO6S/c1-19(2)24-10-6-8-22(13-24)14-29-26-18-36(31,32)17-25(27(26)35-28(29)30)12-21-7-5-9-23(11-21)16-34-15-20(3)33-4/h5-11,13,19-20,25-27H,12,14-18H2,1-4H3/t20-,25+,26-,27-/m0/s1. The van der Waals surface area contributed by atoms with Crippen molar-refractivity contribution < 1.29 is 27.4 Å². The lowest BCUT2D eigenvalue weighted by atomic mass is 9.90. The van der Waals surface area contributed by atoms with Gasteiger partial charge in [0.1, 0.15) is 6.10 Å². The molecule has 36 heavy (non-hydrogen) atoms. The third kappa shape index (κ3) is 6.47. The molecule has 2 aromatic rings. The molecule has 4 atom stereocenters. The highest BCUT2D eigenvalue weighted by molar-refractivity contribution is 7.91. The Hall–Kier alpha value is -2.42. The van der Waals surface area contributed by atoms with E-state index in [2.05, 4.69) is 26.0 Å². The van der Waals surface area contributed by atoms with Gasteiger partial charge < -0.3 is 14.2 Å². The van der Waals surface area contributed by atoms with Crippen molar-refractivity contribution in [2.45, 2.75) is 64.5 Å². The first kappa shape index (κ1) is 26.6. The molecule has 2 aliphatic heterocycles. The van der Waals surface area contributed by atoms with Crippen molar-refractivity contribution in [3.05, 3.63) is 70.8 Å². The zero-order chi connectivity index (χ0) is 25.9. The van der Waals surface area contributed by atoms with E-state index in [4.69, 9.17) is 14.2 Å². The molecule has 4 rings (SSSR count). The van der Waals surface area contributed by atoms with E-state index >= 15 is 0 Å². The average molecular weight is 516 g/mol. The molecule has 2 aromatic carbocycles. The molecule has 2 aliphatic rings. The lowest BCUT2D eigenvalue weighted by molar-refractivity contribution is 0.0117. The Labute approximate surface area is 214 Å². The molecule has 0 saturated carbocycles. The Morgan fingerprint density at radius 1 is 1.03 bits per heavy atom. The second-order valence-electron chi connectivity index (χ2n) is 10.4. The molecule has 0 radical (unpaired) electrons. The van der Waals surface area contributed by atoms with Gasteiger partial charge in [0.2, 0.25) is 0 Å². The van der Waals surface area contributed by atoms with Crippen LogP contribution in [0.5, 0.6) is 0 Å². The number of carbonyl (C=O) groups is 1. The van der Waals surface area contributed by atoms with Crippen LogP contribution >= 0.6 is 0 Å². The van der Waals surface area contributed by atoms with Gasteiger partial charge in [0.05, 0.1) is 36.9 Å². The second kappa shape index (κ2) is 11.3. The number of rotatable bonds is 10. The summed E-state index contributed by atoms with van der Waals surface area (Å²) in [5.74, 6) is 0.0288. The molecule has 7 nitrogen and oxygen atoms in total. The molecule has 0 bridgehead atoms. The molecule has 0 aromatic heterocycles. The molecular weight excluding hydrogens is 478 g/mol. The largest absolute Gasteiger partial charge is 0.444 e. The maximum absolute atomic E-state index is 12.9. The molecular formula is C28H37NO6S. The first-order chi connectivity index (χ1) is 17.1. The molecule has 2 heterocycles. The van der Waals surface area contributed by atoms with Crippen LogP contribution in [0.2, 0.25) is 0 Å². The number of fused-ring (bicyclic) bond motifs is 1. The van der Waals surface area contributed by atoms with E-state index in [1.54, 1.807) is 12.0 Å². The van der Waals surface area contributed by atoms with Crippen LogP contribution in [0, 0.1) is 5.92 Å². The lowest BCUT2D eigenvalue weighted by Gasteiger charge is -2.34. The third-order valence-electron chi connectivity index (χ3n) is 7.09. The molecule has 0 aliphatic carbocycles. The minimum absolute atomic E-state index is 0.0181. The van der Waals surface area contributed by atoms with Crippen LogP contribution in [0.4, 0.5) is 4.79 Å². The minimum atomic E-state index is -3.33. The molecule has 2 fully saturated rings. The smallest absolute Gasteiger partial charge is 0.410 e. The summed E-state index contributed by atoms with van der Waals surface area (Å²) in [5, 5.41) is 0. The van der Waals surface area contributed by atoms with Gasteiger partial charge >= 0.3 is 6.09 Å². The van der Waals surface area contributed by atoms with Crippen molar-refractivity contribution in [3.8, 4) is 0 Å². The molecule has 0 spiro atoms. The first-order valence-corrected chi connectivity index (χ1v) is 14.4. The van der Waals surface area contributed by atoms with E-state index in [9.17, 15) is 13.2 Å². The van der Waals surface area contributed by atoms with Crippen LogP contribution in [0.1, 0.15) is 48.9 Å². The van der Waals surface area contributed by atoms with Crippen LogP contribution in [-0.2, 0) is 43.6 Å². The number of hydrogen-bond acceptors (Lipinski definition) is 6. The average Bonchev–Trinajstić information content (AvgIpc) is 3.13. The Kier molecular flexibility index (Phi) is 8.37. The van der Waals surface area contributed by atoms with Crippen LogP contribution in [0.25, 0.3) is 0 Å². The Morgan fingerprint density at radius 2 is 1.75 bits per heavy atom. The molecule has 0 unspecified atom stereocenters. The number of hydrogen-bond donors (Lipinski definition) is 0. The van der Waals surface area contributed by atoms with Crippen LogP contribution in [-0.4, -0.2) is 62.9 Å². The summed E-state index contributed by atoms with van der Waals surface area (Å²) in [7, 11) is -1.67. The zero-order valence-electron chi connectivity index (χ0n) is 21.6. The highest BCUT2D eigenvalue weighted by Gasteiger charge is 2.51. The van der Waals surface area contributed by atoms with Gasteiger partial charge in [0.25, 0.3) is 0 Å². The summed E-state index contributed by atoms with van der Waals surface area (Å²) >= 11 is 0. The van der Waals surface area contributed by atoms with Gasteiger partial charge in [-0.1, -0.05) is 62.4 Å². The summed E-state index contributed by atoms with van der Waals surface area (Å²) in [5.41, 5.74) is 4.19. The number of amides is 1. The van der Waals surface area contributed by atoms with Gasteiger partial charge in [-0.25, -0.2) is 13.2 Å². The van der Waals surface area contributed by atoms with Gasteiger partial charge in [0, 0.05) is 19.6 Å². The number of ether oxygens (including phenoxy) is 3. The fourth-order valence-electron chi connectivity index (χ4n) is 5.08. The predicted molar refractivity (Wildman–Crippen MR) is 139 cm³/mol. The van der Waals surface area contributed by atoms with E-state index in [0.29, 0.717) is 32.1 Å².